The van der Waals surface area contributed by atoms with E-state index >= 15 is 0 Å². The van der Waals surface area contributed by atoms with Crippen LogP contribution in [0.1, 0.15) is 82.9 Å². The molecule has 1 aromatic rings. The molecule has 1 unspecified atom stereocenters. The summed E-state index contributed by atoms with van der Waals surface area (Å²) in [4.78, 5) is 0. The minimum Gasteiger partial charge on any atom is -0.307 e. The van der Waals surface area contributed by atoms with Gasteiger partial charge in [0.05, 0.1) is 0 Å². The van der Waals surface area contributed by atoms with E-state index in [4.69, 9.17) is 0 Å². The first-order valence-electron chi connectivity index (χ1n) is 8.44. The molecule has 0 amide bonds. The van der Waals surface area contributed by atoms with Crippen molar-refractivity contribution in [1.82, 2.24) is 5.32 Å². The molecule has 1 fully saturated rings. The van der Waals surface area contributed by atoms with E-state index in [0.29, 0.717) is 18.0 Å². The summed E-state index contributed by atoms with van der Waals surface area (Å²) in [5.41, 5.74) is 2.85. The third-order valence-electron chi connectivity index (χ3n) is 4.97. The van der Waals surface area contributed by atoms with Gasteiger partial charge in [0.2, 0.25) is 0 Å². The Kier molecular flexibility index (Phi) is 5.65. The second-order valence-electron chi connectivity index (χ2n) is 6.90. The van der Waals surface area contributed by atoms with Crippen molar-refractivity contribution in [2.24, 2.45) is 5.92 Å². The maximum Gasteiger partial charge on any atom is 0.0294 e. The van der Waals surface area contributed by atoms with Gasteiger partial charge in [-0.3, -0.25) is 0 Å². The van der Waals surface area contributed by atoms with E-state index < -0.39 is 0 Å². The average molecular weight is 273 g/mol. The summed E-state index contributed by atoms with van der Waals surface area (Å²) in [5, 5.41) is 3.81. The lowest BCUT2D eigenvalue weighted by molar-refractivity contribution is 0.268. The lowest BCUT2D eigenvalue weighted by atomic mass is 9.84. The Bertz CT molecular complexity index is 387. The van der Waals surface area contributed by atoms with Crippen LogP contribution in [0.5, 0.6) is 0 Å². The van der Waals surface area contributed by atoms with Crippen LogP contribution in [0, 0.1) is 5.92 Å². The minimum absolute atomic E-state index is 0.452. The molecule has 1 saturated carbocycles. The summed E-state index contributed by atoms with van der Waals surface area (Å²) >= 11 is 0. The van der Waals surface area contributed by atoms with Crippen molar-refractivity contribution < 1.29 is 0 Å². The number of rotatable bonds is 5. The van der Waals surface area contributed by atoms with E-state index in [1.165, 1.54) is 43.2 Å². The van der Waals surface area contributed by atoms with Crippen molar-refractivity contribution in [1.29, 1.82) is 0 Å². The van der Waals surface area contributed by atoms with Gasteiger partial charge in [0, 0.05) is 12.1 Å². The highest BCUT2D eigenvalue weighted by atomic mass is 14.9. The van der Waals surface area contributed by atoms with Gasteiger partial charge in [0.25, 0.3) is 0 Å². The molecule has 2 atom stereocenters. The summed E-state index contributed by atoms with van der Waals surface area (Å²) < 4.78 is 0. The van der Waals surface area contributed by atoms with E-state index in [0.717, 1.165) is 5.92 Å². The summed E-state index contributed by atoms with van der Waals surface area (Å²) in [7, 11) is 0. The zero-order chi connectivity index (χ0) is 14.5. The topological polar surface area (TPSA) is 12.0 Å². The van der Waals surface area contributed by atoms with Crippen LogP contribution < -0.4 is 5.32 Å². The Labute approximate surface area is 125 Å². The van der Waals surface area contributed by atoms with Gasteiger partial charge in [-0.15, -0.1) is 0 Å². The second-order valence-corrected chi connectivity index (χ2v) is 6.90. The molecular formula is C19H31N. The van der Waals surface area contributed by atoms with Crippen molar-refractivity contribution in [2.75, 3.05) is 0 Å². The van der Waals surface area contributed by atoms with Crippen molar-refractivity contribution in [3.05, 3.63) is 35.4 Å². The number of benzene rings is 1. The van der Waals surface area contributed by atoms with Gasteiger partial charge in [0.15, 0.2) is 0 Å². The lowest BCUT2D eigenvalue weighted by Crippen LogP contribution is -2.36. The Morgan fingerprint density at radius 3 is 1.95 bits per heavy atom. The van der Waals surface area contributed by atoms with Crippen LogP contribution in [0.3, 0.4) is 0 Å². The first-order valence-corrected chi connectivity index (χ1v) is 8.44. The van der Waals surface area contributed by atoms with Gasteiger partial charge in [-0.2, -0.15) is 0 Å². The number of hydrogen-bond acceptors (Lipinski definition) is 1. The largest absolute Gasteiger partial charge is 0.307 e. The molecule has 1 aliphatic carbocycles. The fraction of sp³-hybridized carbons (Fsp3) is 0.684. The fourth-order valence-electron chi connectivity index (χ4n) is 3.43. The van der Waals surface area contributed by atoms with Crippen LogP contribution in [0.2, 0.25) is 0 Å². The van der Waals surface area contributed by atoms with E-state index in [2.05, 4.69) is 57.3 Å². The molecule has 2 rings (SSSR count). The molecule has 0 aromatic heterocycles. The van der Waals surface area contributed by atoms with Crippen molar-refractivity contribution in [2.45, 2.75) is 77.8 Å². The van der Waals surface area contributed by atoms with Gasteiger partial charge in [0.1, 0.15) is 0 Å². The molecule has 1 nitrogen and oxygen atoms in total. The molecule has 0 aliphatic heterocycles. The molecule has 0 saturated heterocycles. The third-order valence-corrected chi connectivity index (χ3v) is 4.97. The van der Waals surface area contributed by atoms with Crippen LogP contribution in [0.4, 0.5) is 0 Å². The van der Waals surface area contributed by atoms with Gasteiger partial charge < -0.3 is 5.32 Å². The molecule has 20 heavy (non-hydrogen) atoms. The molecular weight excluding hydrogens is 242 g/mol. The Morgan fingerprint density at radius 2 is 1.40 bits per heavy atom. The van der Waals surface area contributed by atoms with Crippen molar-refractivity contribution in [3.63, 3.8) is 0 Å². The van der Waals surface area contributed by atoms with E-state index in [9.17, 15) is 0 Å². The van der Waals surface area contributed by atoms with Crippen LogP contribution in [0.15, 0.2) is 24.3 Å². The molecule has 1 aromatic carbocycles. The first-order chi connectivity index (χ1) is 9.58. The Hall–Kier alpha value is -0.820. The normalized spacial score (nSPS) is 20.1. The molecule has 1 aliphatic rings. The fourth-order valence-corrected chi connectivity index (χ4v) is 3.43. The number of hydrogen-bond donors (Lipinski definition) is 1. The van der Waals surface area contributed by atoms with Crippen LogP contribution in [-0.2, 0) is 0 Å². The van der Waals surface area contributed by atoms with Gasteiger partial charge in [-0.1, -0.05) is 57.4 Å². The summed E-state index contributed by atoms with van der Waals surface area (Å²) in [6, 6.07) is 10.2. The highest BCUT2D eigenvalue weighted by molar-refractivity contribution is 5.26. The molecule has 0 radical (unpaired) electrons. The van der Waals surface area contributed by atoms with Crippen LogP contribution in [-0.4, -0.2) is 6.04 Å². The number of nitrogens with one attached hydrogen (secondary N) is 1. The smallest absolute Gasteiger partial charge is 0.0294 e. The third kappa shape index (κ3) is 4.09. The molecule has 1 N–H and O–H groups in total. The second kappa shape index (κ2) is 7.26. The standard InChI is InChI=1S/C19H31N/c1-14(2)17-10-12-19(13-11-17)16(4)20-15(3)18-8-6-5-7-9-18/h10-16,18,20H,5-9H2,1-4H3/t15-,16?/m1/s1. The van der Waals surface area contributed by atoms with E-state index in [1.54, 1.807) is 0 Å². The van der Waals surface area contributed by atoms with Crippen LogP contribution >= 0.6 is 0 Å². The minimum atomic E-state index is 0.452. The summed E-state index contributed by atoms with van der Waals surface area (Å²) in [6.07, 6.45) is 7.11. The first kappa shape index (κ1) is 15.6. The Morgan fingerprint density at radius 1 is 0.850 bits per heavy atom. The Balaban J connectivity index is 1.91. The average Bonchev–Trinajstić information content (AvgIpc) is 2.48. The molecule has 1 heteroatoms. The molecule has 0 spiro atoms. The summed E-state index contributed by atoms with van der Waals surface area (Å²) in [6.45, 7) is 9.17. The van der Waals surface area contributed by atoms with Crippen LogP contribution in [0.25, 0.3) is 0 Å². The van der Waals surface area contributed by atoms with Gasteiger partial charge >= 0.3 is 0 Å². The lowest BCUT2D eigenvalue weighted by Gasteiger charge is -2.31. The highest BCUT2D eigenvalue weighted by Crippen LogP contribution is 2.28. The zero-order valence-electron chi connectivity index (χ0n) is 13.7. The highest BCUT2D eigenvalue weighted by Gasteiger charge is 2.21. The molecule has 112 valence electrons. The summed E-state index contributed by atoms with van der Waals surface area (Å²) in [5.74, 6) is 1.50. The van der Waals surface area contributed by atoms with Crippen molar-refractivity contribution in [3.8, 4) is 0 Å². The maximum atomic E-state index is 3.81. The quantitative estimate of drug-likeness (QED) is 0.754. The van der Waals surface area contributed by atoms with E-state index in [-0.39, 0.29) is 0 Å². The van der Waals surface area contributed by atoms with Gasteiger partial charge in [-0.05, 0) is 49.7 Å². The maximum absolute atomic E-state index is 3.81. The predicted molar refractivity (Wildman–Crippen MR) is 88.1 cm³/mol. The zero-order valence-corrected chi connectivity index (χ0v) is 13.7. The van der Waals surface area contributed by atoms with E-state index in [1.807, 2.05) is 0 Å². The molecule has 0 heterocycles. The van der Waals surface area contributed by atoms with Gasteiger partial charge in [-0.25, -0.2) is 0 Å². The monoisotopic (exact) mass is 273 g/mol. The predicted octanol–water partition coefficient (Wildman–Crippen LogP) is 5.43. The van der Waals surface area contributed by atoms with Crippen molar-refractivity contribution >= 4 is 0 Å². The molecule has 0 bridgehead atoms. The SMILES string of the molecule is CC(C)c1ccc(C(C)N[C@H](C)C2CCCCC2)cc1.